The first-order chi connectivity index (χ1) is 12.5. The molecule has 3 rings (SSSR count). The Hall–Kier alpha value is -2.60. The zero-order valence-corrected chi connectivity index (χ0v) is 15.1. The van der Waals surface area contributed by atoms with Crippen molar-refractivity contribution in [2.45, 2.75) is 18.9 Å². The second-order valence-corrected chi connectivity index (χ2v) is 6.48. The topological polar surface area (TPSA) is 68.7 Å². The molecule has 0 unspecified atom stereocenters. The summed E-state index contributed by atoms with van der Waals surface area (Å²) in [7, 11) is 1.30. The number of rotatable bonds is 5. The van der Waals surface area contributed by atoms with Crippen LogP contribution in [0.5, 0.6) is 5.75 Å². The Kier molecular flexibility index (Phi) is 5.73. The van der Waals surface area contributed by atoms with Crippen LogP contribution in [0.2, 0.25) is 5.02 Å². The van der Waals surface area contributed by atoms with Crippen LogP contribution in [0.1, 0.15) is 22.5 Å². The third-order valence-electron chi connectivity index (χ3n) is 4.17. The predicted molar refractivity (Wildman–Crippen MR) is 96.3 cm³/mol. The molecule has 1 amide bonds. The van der Waals surface area contributed by atoms with Crippen LogP contribution in [0.3, 0.4) is 0 Å². The van der Waals surface area contributed by atoms with Crippen LogP contribution in [0.4, 0.5) is 0 Å². The van der Waals surface area contributed by atoms with Gasteiger partial charge in [-0.05, 0) is 29.8 Å². The molecular weight excluding hydrogens is 356 g/mol. The first-order valence-corrected chi connectivity index (χ1v) is 8.66. The van der Waals surface area contributed by atoms with Crippen molar-refractivity contribution < 1.29 is 19.1 Å². The van der Waals surface area contributed by atoms with Crippen LogP contribution in [-0.2, 0) is 16.0 Å². The zero-order valence-electron chi connectivity index (χ0n) is 14.4. The molecule has 0 spiro atoms. The normalized spacial score (nSPS) is 16.4. The van der Waals surface area contributed by atoms with E-state index in [1.807, 2.05) is 12.1 Å². The van der Waals surface area contributed by atoms with Crippen molar-refractivity contribution in [3.8, 4) is 5.75 Å². The Morgan fingerprint density at radius 3 is 2.85 bits per heavy atom. The first kappa shape index (κ1) is 18.2. The van der Waals surface area contributed by atoms with Gasteiger partial charge in [-0.15, -0.1) is 0 Å². The molecule has 0 N–H and O–H groups in total. The van der Waals surface area contributed by atoms with Crippen LogP contribution in [-0.4, -0.2) is 48.1 Å². The molecule has 1 fully saturated rings. The van der Waals surface area contributed by atoms with Gasteiger partial charge in [0.05, 0.1) is 20.1 Å². The standard InChI is InChI=1S/C19H19ClN2O4/c1-25-19(24)17-6-5-13(11-21-17)9-18(23)22-8-7-16(12-22)26-15-4-2-3-14(20)10-15/h2-6,10-11,16H,7-9,12H2,1H3/t16-/m1/s1. The number of amides is 1. The van der Waals surface area contributed by atoms with Gasteiger partial charge >= 0.3 is 5.97 Å². The van der Waals surface area contributed by atoms with Crippen molar-refractivity contribution in [2.24, 2.45) is 0 Å². The summed E-state index contributed by atoms with van der Waals surface area (Å²) in [6.07, 6.45) is 2.49. The lowest BCUT2D eigenvalue weighted by Crippen LogP contribution is -2.32. The number of benzene rings is 1. The number of carbonyl (C=O) groups excluding carboxylic acids is 2. The summed E-state index contributed by atoms with van der Waals surface area (Å²) < 4.78 is 10.5. The fourth-order valence-electron chi connectivity index (χ4n) is 2.82. The molecule has 0 bridgehead atoms. The molecule has 2 heterocycles. The van der Waals surface area contributed by atoms with E-state index in [2.05, 4.69) is 9.72 Å². The Bertz CT molecular complexity index is 794. The van der Waals surface area contributed by atoms with Crippen molar-refractivity contribution in [1.82, 2.24) is 9.88 Å². The molecule has 26 heavy (non-hydrogen) atoms. The lowest BCUT2D eigenvalue weighted by Gasteiger charge is -2.17. The molecule has 1 aromatic heterocycles. The van der Waals surface area contributed by atoms with Crippen LogP contribution >= 0.6 is 11.6 Å². The van der Waals surface area contributed by atoms with E-state index in [1.54, 1.807) is 29.2 Å². The number of halogens is 1. The second kappa shape index (κ2) is 8.19. The summed E-state index contributed by atoms with van der Waals surface area (Å²) in [4.78, 5) is 29.7. The number of methoxy groups -OCH3 is 1. The Labute approximate surface area is 156 Å². The maximum atomic E-state index is 12.5. The second-order valence-electron chi connectivity index (χ2n) is 6.05. The smallest absolute Gasteiger partial charge is 0.356 e. The summed E-state index contributed by atoms with van der Waals surface area (Å²) in [5, 5.41) is 0.622. The SMILES string of the molecule is COC(=O)c1ccc(CC(=O)N2CC[C@@H](Oc3cccc(Cl)c3)C2)cn1. The Morgan fingerprint density at radius 2 is 2.15 bits per heavy atom. The maximum Gasteiger partial charge on any atom is 0.356 e. The number of aromatic nitrogens is 1. The molecular formula is C19H19ClN2O4. The van der Waals surface area contributed by atoms with Gasteiger partial charge in [0.2, 0.25) is 5.91 Å². The number of hydrogen-bond donors (Lipinski definition) is 0. The van der Waals surface area contributed by atoms with E-state index in [9.17, 15) is 9.59 Å². The molecule has 0 aliphatic carbocycles. The van der Waals surface area contributed by atoms with E-state index in [-0.39, 0.29) is 24.1 Å². The minimum absolute atomic E-state index is 0.00909. The zero-order chi connectivity index (χ0) is 18.5. The average molecular weight is 375 g/mol. The highest BCUT2D eigenvalue weighted by atomic mass is 35.5. The van der Waals surface area contributed by atoms with Gasteiger partial charge in [0.25, 0.3) is 0 Å². The third-order valence-corrected chi connectivity index (χ3v) is 4.41. The minimum atomic E-state index is -0.497. The van der Waals surface area contributed by atoms with E-state index in [0.717, 1.165) is 12.0 Å². The van der Waals surface area contributed by atoms with Crippen LogP contribution in [0, 0.1) is 0 Å². The molecule has 1 aliphatic heterocycles. The molecule has 6 nitrogen and oxygen atoms in total. The van der Waals surface area contributed by atoms with Crippen molar-refractivity contribution in [1.29, 1.82) is 0 Å². The predicted octanol–water partition coefficient (Wildman–Crippen LogP) is 2.74. The molecule has 136 valence electrons. The first-order valence-electron chi connectivity index (χ1n) is 8.28. The van der Waals surface area contributed by atoms with E-state index in [4.69, 9.17) is 16.3 Å². The highest BCUT2D eigenvalue weighted by Crippen LogP contribution is 2.22. The van der Waals surface area contributed by atoms with Crippen molar-refractivity contribution in [3.63, 3.8) is 0 Å². The number of nitrogens with zero attached hydrogens (tertiary/aromatic N) is 2. The van der Waals surface area contributed by atoms with Crippen LogP contribution < -0.4 is 4.74 Å². The third kappa shape index (κ3) is 4.52. The van der Waals surface area contributed by atoms with Gasteiger partial charge in [-0.3, -0.25) is 4.79 Å². The number of esters is 1. The Morgan fingerprint density at radius 1 is 1.31 bits per heavy atom. The van der Waals surface area contributed by atoms with Crippen LogP contribution in [0.15, 0.2) is 42.6 Å². The lowest BCUT2D eigenvalue weighted by molar-refractivity contribution is -0.129. The van der Waals surface area contributed by atoms with Gasteiger partial charge in [-0.2, -0.15) is 0 Å². The van der Waals surface area contributed by atoms with Gasteiger partial charge in [-0.1, -0.05) is 23.7 Å². The number of pyridine rings is 1. The number of carbonyl (C=O) groups is 2. The van der Waals surface area contributed by atoms with Gasteiger partial charge in [0.1, 0.15) is 17.5 Å². The van der Waals surface area contributed by atoms with Crippen molar-refractivity contribution >= 4 is 23.5 Å². The molecule has 1 aliphatic rings. The quantitative estimate of drug-likeness (QED) is 0.753. The molecule has 2 aromatic rings. The van der Waals surface area contributed by atoms with Gasteiger partial charge < -0.3 is 14.4 Å². The van der Waals surface area contributed by atoms with Crippen molar-refractivity contribution in [3.05, 3.63) is 58.9 Å². The maximum absolute atomic E-state index is 12.5. The van der Waals surface area contributed by atoms with Gasteiger partial charge in [0.15, 0.2) is 0 Å². The summed E-state index contributed by atoms with van der Waals surface area (Å²) in [6.45, 7) is 1.19. The molecule has 7 heteroatoms. The summed E-state index contributed by atoms with van der Waals surface area (Å²) in [5.41, 5.74) is 0.974. The number of likely N-dealkylation sites (tertiary alicyclic amines) is 1. The van der Waals surface area contributed by atoms with Gasteiger partial charge in [-0.25, -0.2) is 9.78 Å². The van der Waals surface area contributed by atoms with E-state index in [1.165, 1.54) is 13.3 Å². The molecule has 1 atom stereocenters. The monoisotopic (exact) mass is 374 g/mol. The minimum Gasteiger partial charge on any atom is -0.488 e. The van der Waals surface area contributed by atoms with Crippen LogP contribution in [0.25, 0.3) is 0 Å². The Balaban J connectivity index is 1.53. The molecule has 0 radical (unpaired) electrons. The van der Waals surface area contributed by atoms with Gasteiger partial charge in [0, 0.05) is 24.2 Å². The lowest BCUT2D eigenvalue weighted by atomic mass is 10.2. The van der Waals surface area contributed by atoms with E-state index < -0.39 is 5.97 Å². The molecule has 0 saturated carbocycles. The highest BCUT2D eigenvalue weighted by molar-refractivity contribution is 6.30. The molecule has 1 saturated heterocycles. The fourth-order valence-corrected chi connectivity index (χ4v) is 3.00. The van der Waals surface area contributed by atoms with E-state index in [0.29, 0.717) is 23.9 Å². The summed E-state index contributed by atoms with van der Waals surface area (Å²) in [5.74, 6) is 0.220. The summed E-state index contributed by atoms with van der Waals surface area (Å²) in [6, 6.07) is 10.5. The fraction of sp³-hybridized carbons (Fsp3) is 0.316. The highest BCUT2D eigenvalue weighted by Gasteiger charge is 2.27. The number of hydrogen-bond acceptors (Lipinski definition) is 5. The van der Waals surface area contributed by atoms with E-state index >= 15 is 0 Å². The molecule has 1 aromatic carbocycles. The largest absolute Gasteiger partial charge is 0.488 e. The average Bonchev–Trinajstić information content (AvgIpc) is 3.10. The number of ether oxygens (including phenoxy) is 2. The summed E-state index contributed by atoms with van der Waals surface area (Å²) >= 11 is 5.96. The van der Waals surface area contributed by atoms with Crippen molar-refractivity contribution in [2.75, 3.05) is 20.2 Å².